The summed E-state index contributed by atoms with van der Waals surface area (Å²) in [6.45, 7) is 5.17. The molecule has 0 fully saturated rings. The van der Waals surface area contributed by atoms with E-state index in [0.717, 1.165) is 34.8 Å². The fourth-order valence-electron chi connectivity index (χ4n) is 3.51. The summed E-state index contributed by atoms with van der Waals surface area (Å²) < 4.78 is 0. The molecule has 0 aliphatic heterocycles. The third-order valence-electron chi connectivity index (χ3n) is 5.40. The van der Waals surface area contributed by atoms with Gasteiger partial charge in [0.15, 0.2) is 0 Å². The number of fused-ring (bicyclic) bond motifs is 3. The molecule has 1 aromatic heterocycles. The number of nitrogens with one attached hydrogen (secondary N) is 2. The minimum absolute atomic E-state index is 0.352. The van der Waals surface area contributed by atoms with Gasteiger partial charge in [0.1, 0.15) is 0 Å². The highest BCUT2D eigenvalue weighted by Crippen LogP contribution is 2.26. The number of rotatable bonds is 5. The van der Waals surface area contributed by atoms with Crippen molar-refractivity contribution in [2.45, 2.75) is 32.9 Å². The van der Waals surface area contributed by atoms with Gasteiger partial charge in [0.05, 0.1) is 21.5 Å². The minimum Gasteiger partial charge on any atom is -0.354 e. The van der Waals surface area contributed by atoms with Crippen molar-refractivity contribution in [1.82, 2.24) is 10.3 Å². The van der Waals surface area contributed by atoms with Crippen molar-refractivity contribution in [3.63, 3.8) is 0 Å². The Labute approximate surface area is 180 Å². The molecule has 0 aliphatic carbocycles. The fourth-order valence-corrected chi connectivity index (χ4v) is 3.73. The van der Waals surface area contributed by atoms with Crippen LogP contribution in [-0.4, -0.2) is 16.9 Å². The van der Waals surface area contributed by atoms with Crippen LogP contribution in [0.2, 0.25) is 5.02 Å². The lowest BCUT2D eigenvalue weighted by atomic mass is 10.1. The highest BCUT2D eigenvalue weighted by Gasteiger charge is 2.10. The van der Waals surface area contributed by atoms with Crippen LogP contribution in [0, 0.1) is 0 Å². The highest BCUT2D eigenvalue weighted by atomic mass is 35.5. The number of carbonyl (C=O) groups excluding carboxylic acids is 1. The smallest absolute Gasteiger partial charge is 0.279 e. The molecular weight excluding hydrogens is 394 g/mol. The van der Waals surface area contributed by atoms with E-state index in [1.807, 2.05) is 18.2 Å². The van der Waals surface area contributed by atoms with Gasteiger partial charge in [-0.05, 0) is 43.2 Å². The Morgan fingerprint density at radius 2 is 1.83 bits per heavy atom. The summed E-state index contributed by atoms with van der Waals surface area (Å²) >= 11 is 6.15. The number of aromatic nitrogens is 1. The van der Waals surface area contributed by atoms with Gasteiger partial charge in [-0.15, -0.1) is 0 Å². The Morgan fingerprint density at radius 3 is 2.63 bits per heavy atom. The van der Waals surface area contributed by atoms with Crippen LogP contribution in [0.15, 0.2) is 71.7 Å². The Kier molecular flexibility index (Phi) is 5.98. The standard InChI is InChI=1S/C25H24ClN3O/c1-3-16(2)27-15-17-8-6-12-20-19-11-7-9-18(14-23(19)29-24(17)20)28-25(30)21-10-4-5-13-22(21)26/h4-14,16,27,29H,3,15H2,1-2H3. The van der Waals surface area contributed by atoms with E-state index < -0.39 is 0 Å². The van der Waals surface area contributed by atoms with Crippen LogP contribution < -0.4 is 10.7 Å². The van der Waals surface area contributed by atoms with Crippen molar-refractivity contribution >= 4 is 39.3 Å². The first kappa shape index (κ1) is 20.3. The van der Waals surface area contributed by atoms with Crippen molar-refractivity contribution in [1.29, 1.82) is 0 Å². The second-order valence-corrected chi connectivity index (χ2v) is 7.88. The number of H-pyrrole nitrogens is 1. The number of amides is 1. The Hall–Kier alpha value is -2.95. The third kappa shape index (κ3) is 4.16. The maximum atomic E-state index is 12.6. The third-order valence-corrected chi connectivity index (χ3v) is 5.73. The van der Waals surface area contributed by atoms with Gasteiger partial charge in [-0.25, -0.2) is 4.99 Å². The van der Waals surface area contributed by atoms with Crippen LogP contribution in [0.4, 0.5) is 0 Å². The van der Waals surface area contributed by atoms with Gasteiger partial charge in [0.2, 0.25) is 0 Å². The SMILES string of the molecule is CCC(C)NCc1cccc2c1[nH]c1cc(=NC(=O)c3ccccc3Cl)cccc12. The van der Waals surface area contributed by atoms with Gasteiger partial charge in [0.25, 0.3) is 5.91 Å². The van der Waals surface area contributed by atoms with Crippen LogP contribution >= 0.6 is 11.6 Å². The molecule has 0 aliphatic rings. The first-order valence-corrected chi connectivity index (χ1v) is 10.5. The van der Waals surface area contributed by atoms with E-state index in [-0.39, 0.29) is 5.91 Å². The van der Waals surface area contributed by atoms with Crippen molar-refractivity contribution in [2.75, 3.05) is 0 Å². The Morgan fingerprint density at radius 1 is 1.07 bits per heavy atom. The molecule has 4 nitrogen and oxygen atoms in total. The molecule has 30 heavy (non-hydrogen) atoms. The highest BCUT2D eigenvalue weighted by molar-refractivity contribution is 6.33. The van der Waals surface area contributed by atoms with Crippen molar-refractivity contribution in [2.24, 2.45) is 4.99 Å². The molecular formula is C25H24ClN3O. The number of halogens is 1. The van der Waals surface area contributed by atoms with Gasteiger partial charge in [-0.3, -0.25) is 4.79 Å². The summed E-state index contributed by atoms with van der Waals surface area (Å²) in [7, 11) is 0. The average Bonchev–Trinajstić information content (AvgIpc) is 2.97. The molecule has 0 bridgehead atoms. The topological polar surface area (TPSA) is 57.2 Å². The summed E-state index contributed by atoms with van der Waals surface area (Å²) in [4.78, 5) is 20.4. The predicted octanol–water partition coefficient (Wildman–Crippen LogP) is 5.60. The van der Waals surface area contributed by atoms with Gasteiger partial charge in [-0.1, -0.05) is 61.0 Å². The number of para-hydroxylation sites is 1. The monoisotopic (exact) mass is 417 g/mol. The zero-order valence-electron chi connectivity index (χ0n) is 17.1. The minimum atomic E-state index is -0.352. The van der Waals surface area contributed by atoms with Crippen LogP contribution in [0.3, 0.4) is 0 Å². The van der Waals surface area contributed by atoms with E-state index in [2.05, 4.69) is 53.4 Å². The average molecular weight is 418 g/mol. The number of benzene rings is 2. The number of carbonyl (C=O) groups is 1. The molecule has 1 heterocycles. The first-order valence-electron chi connectivity index (χ1n) is 10.2. The van der Waals surface area contributed by atoms with Crippen LogP contribution in [0.5, 0.6) is 0 Å². The Bertz CT molecular complexity index is 1290. The quantitative estimate of drug-likeness (QED) is 0.443. The van der Waals surface area contributed by atoms with Gasteiger partial charge < -0.3 is 10.3 Å². The maximum Gasteiger partial charge on any atom is 0.279 e. The molecule has 4 rings (SSSR count). The van der Waals surface area contributed by atoms with Crippen molar-refractivity contribution in [3.05, 3.63) is 88.2 Å². The molecule has 1 unspecified atom stereocenters. The summed E-state index contributed by atoms with van der Waals surface area (Å²) in [6.07, 6.45) is 1.09. The lowest BCUT2D eigenvalue weighted by Crippen LogP contribution is -2.24. The first-order chi connectivity index (χ1) is 14.6. The van der Waals surface area contributed by atoms with Crippen LogP contribution in [-0.2, 0) is 6.54 Å². The molecule has 5 heteroatoms. The van der Waals surface area contributed by atoms with E-state index in [9.17, 15) is 4.79 Å². The van der Waals surface area contributed by atoms with Crippen LogP contribution in [0.1, 0.15) is 36.2 Å². The molecule has 1 amide bonds. The van der Waals surface area contributed by atoms with E-state index in [0.29, 0.717) is 22.0 Å². The molecule has 1 atom stereocenters. The lowest BCUT2D eigenvalue weighted by molar-refractivity contribution is 0.0998. The fraction of sp³-hybridized carbons (Fsp3) is 0.200. The molecule has 3 aromatic carbocycles. The van der Waals surface area contributed by atoms with Gasteiger partial charge in [0, 0.05) is 28.9 Å². The summed E-state index contributed by atoms with van der Waals surface area (Å²) in [5.41, 5.74) is 3.67. The van der Waals surface area contributed by atoms with Crippen molar-refractivity contribution in [3.8, 4) is 0 Å². The van der Waals surface area contributed by atoms with E-state index >= 15 is 0 Å². The van der Waals surface area contributed by atoms with E-state index in [1.165, 1.54) is 5.56 Å². The second-order valence-electron chi connectivity index (χ2n) is 7.47. The van der Waals surface area contributed by atoms with Crippen LogP contribution in [0.25, 0.3) is 21.8 Å². The lowest BCUT2D eigenvalue weighted by Gasteiger charge is -2.11. The van der Waals surface area contributed by atoms with E-state index in [4.69, 9.17) is 11.6 Å². The number of aromatic amines is 1. The predicted molar refractivity (Wildman–Crippen MR) is 124 cm³/mol. The molecule has 152 valence electrons. The number of nitrogens with zero attached hydrogens (tertiary/aromatic N) is 1. The summed E-state index contributed by atoms with van der Waals surface area (Å²) in [5.74, 6) is -0.352. The maximum absolute atomic E-state index is 12.6. The molecule has 0 radical (unpaired) electrons. The number of hydrogen-bond acceptors (Lipinski definition) is 2. The molecule has 0 spiro atoms. The number of hydrogen-bond donors (Lipinski definition) is 2. The molecule has 4 aromatic rings. The molecule has 2 N–H and O–H groups in total. The largest absolute Gasteiger partial charge is 0.354 e. The normalized spacial score (nSPS) is 13.1. The second kappa shape index (κ2) is 8.82. The van der Waals surface area contributed by atoms with Gasteiger partial charge >= 0.3 is 0 Å². The summed E-state index contributed by atoms with van der Waals surface area (Å²) in [5, 5.41) is 6.80. The zero-order chi connectivity index (χ0) is 21.1. The van der Waals surface area contributed by atoms with E-state index in [1.54, 1.807) is 24.3 Å². The molecule has 0 saturated carbocycles. The molecule has 0 saturated heterocycles. The van der Waals surface area contributed by atoms with Crippen molar-refractivity contribution < 1.29 is 4.79 Å². The van der Waals surface area contributed by atoms with Gasteiger partial charge in [-0.2, -0.15) is 0 Å². The summed E-state index contributed by atoms with van der Waals surface area (Å²) in [6, 6.07) is 21.5. The Balaban J connectivity index is 1.79. The zero-order valence-corrected chi connectivity index (χ0v) is 17.8.